The average Bonchev–Trinajstić information content (AvgIpc) is 3.34. The molecule has 10 heteroatoms. The highest BCUT2D eigenvalue weighted by Crippen LogP contribution is 2.24. The molecule has 33 heavy (non-hydrogen) atoms. The predicted molar refractivity (Wildman–Crippen MR) is 130 cm³/mol. The molecular weight excluding hydrogens is 464 g/mol. The van der Waals surface area contributed by atoms with E-state index in [2.05, 4.69) is 20.3 Å². The van der Waals surface area contributed by atoms with Crippen LogP contribution in [-0.4, -0.2) is 46.4 Å². The Morgan fingerprint density at radius 1 is 1.12 bits per heavy atom. The number of hydrogen-bond acceptors (Lipinski definition) is 5. The largest absolute Gasteiger partial charge is 0.371 e. The van der Waals surface area contributed by atoms with Crippen LogP contribution in [0.2, 0.25) is 5.02 Å². The molecule has 0 spiro atoms. The van der Waals surface area contributed by atoms with Crippen molar-refractivity contribution in [1.29, 1.82) is 0 Å². The Morgan fingerprint density at radius 3 is 2.52 bits per heavy atom. The number of nitrogens with one attached hydrogen (secondary N) is 3. The van der Waals surface area contributed by atoms with Crippen LogP contribution in [0.15, 0.2) is 47.4 Å². The van der Waals surface area contributed by atoms with E-state index in [-0.39, 0.29) is 21.4 Å². The zero-order chi connectivity index (χ0) is 24.0. The fourth-order valence-electron chi connectivity index (χ4n) is 3.74. The maximum absolute atomic E-state index is 13.0. The second kappa shape index (κ2) is 11.0. The third-order valence-corrected chi connectivity index (χ3v) is 7.29. The molecule has 1 unspecified atom stereocenters. The number of carbonyl (C=O) groups is 2. The molecule has 2 amide bonds. The molecule has 0 radical (unpaired) electrons. The van der Waals surface area contributed by atoms with Crippen molar-refractivity contribution in [2.24, 2.45) is 0 Å². The summed E-state index contributed by atoms with van der Waals surface area (Å²) >= 11 is 6.15. The molecule has 178 valence electrons. The van der Waals surface area contributed by atoms with E-state index >= 15 is 0 Å². The molecule has 1 heterocycles. The van der Waals surface area contributed by atoms with Crippen molar-refractivity contribution in [3.8, 4) is 0 Å². The summed E-state index contributed by atoms with van der Waals surface area (Å²) in [6.45, 7) is 3.90. The molecule has 2 aromatic rings. The first-order chi connectivity index (χ1) is 15.7. The van der Waals surface area contributed by atoms with Crippen molar-refractivity contribution in [3.63, 3.8) is 0 Å². The molecule has 0 bridgehead atoms. The van der Waals surface area contributed by atoms with Crippen LogP contribution in [-0.2, 0) is 14.8 Å². The minimum absolute atomic E-state index is 0.0158. The number of anilines is 2. The fraction of sp³-hybridized carbons (Fsp3) is 0.391. The predicted octanol–water partition coefficient (Wildman–Crippen LogP) is 3.39. The molecular formula is C23H29ClN4O4S. The van der Waals surface area contributed by atoms with Gasteiger partial charge in [0.15, 0.2) is 0 Å². The molecule has 1 aliphatic rings. The van der Waals surface area contributed by atoms with Crippen LogP contribution in [0.1, 0.15) is 43.0 Å². The molecule has 3 N–H and O–H groups in total. The first-order valence-corrected chi connectivity index (χ1v) is 12.8. The van der Waals surface area contributed by atoms with E-state index < -0.39 is 22.0 Å². The van der Waals surface area contributed by atoms with Gasteiger partial charge in [-0.25, -0.2) is 13.1 Å². The van der Waals surface area contributed by atoms with Gasteiger partial charge in [0.05, 0.1) is 15.5 Å². The lowest BCUT2D eigenvalue weighted by atomic mass is 10.1. The number of amides is 2. The molecule has 3 rings (SSSR count). The maximum atomic E-state index is 13.0. The second-order valence-electron chi connectivity index (χ2n) is 7.90. The van der Waals surface area contributed by atoms with Crippen molar-refractivity contribution in [2.75, 3.05) is 30.4 Å². The van der Waals surface area contributed by atoms with E-state index in [9.17, 15) is 18.0 Å². The molecule has 0 saturated carbocycles. The number of rotatable bonds is 9. The summed E-state index contributed by atoms with van der Waals surface area (Å²) < 4.78 is 26.4. The van der Waals surface area contributed by atoms with E-state index in [0.29, 0.717) is 18.5 Å². The summed E-state index contributed by atoms with van der Waals surface area (Å²) in [5, 5.41) is 5.68. The van der Waals surface area contributed by atoms with Gasteiger partial charge in [-0.1, -0.05) is 31.0 Å². The van der Waals surface area contributed by atoms with E-state index in [4.69, 9.17) is 11.6 Å². The fourth-order valence-corrected chi connectivity index (χ4v) is 4.70. The molecule has 1 fully saturated rings. The van der Waals surface area contributed by atoms with E-state index in [1.807, 2.05) is 31.2 Å². The van der Waals surface area contributed by atoms with Gasteiger partial charge in [0.25, 0.3) is 5.91 Å². The average molecular weight is 493 g/mol. The monoisotopic (exact) mass is 492 g/mol. The molecule has 1 aliphatic heterocycles. The highest BCUT2D eigenvalue weighted by atomic mass is 35.5. The van der Waals surface area contributed by atoms with Crippen LogP contribution < -0.4 is 20.3 Å². The summed E-state index contributed by atoms with van der Waals surface area (Å²) in [5.41, 5.74) is 1.69. The summed E-state index contributed by atoms with van der Waals surface area (Å²) in [4.78, 5) is 28.1. The SMILES string of the molecule is CCCC(NC(=O)c1cc(S(=O)(=O)NC)ccc1Cl)C(=O)Nc1cccc(N2CCCC2)c1. The first kappa shape index (κ1) is 25.0. The normalized spacial score (nSPS) is 14.7. The van der Waals surface area contributed by atoms with E-state index in [1.54, 1.807) is 0 Å². The number of benzene rings is 2. The Bertz CT molecular complexity index is 1120. The van der Waals surface area contributed by atoms with Gasteiger partial charge in [-0.15, -0.1) is 0 Å². The van der Waals surface area contributed by atoms with Crippen molar-refractivity contribution < 1.29 is 18.0 Å². The molecule has 8 nitrogen and oxygen atoms in total. The quantitative estimate of drug-likeness (QED) is 0.497. The molecule has 0 aliphatic carbocycles. The number of hydrogen-bond donors (Lipinski definition) is 3. The van der Waals surface area contributed by atoms with Crippen LogP contribution in [0.25, 0.3) is 0 Å². The zero-order valence-corrected chi connectivity index (χ0v) is 20.3. The van der Waals surface area contributed by atoms with Gasteiger partial charge in [-0.2, -0.15) is 0 Å². The first-order valence-electron chi connectivity index (χ1n) is 10.9. The minimum atomic E-state index is -3.75. The van der Waals surface area contributed by atoms with Crippen molar-refractivity contribution in [2.45, 2.75) is 43.5 Å². The lowest BCUT2D eigenvalue weighted by Crippen LogP contribution is -2.43. The topological polar surface area (TPSA) is 108 Å². The van der Waals surface area contributed by atoms with Gasteiger partial charge in [-0.05, 0) is 62.7 Å². The minimum Gasteiger partial charge on any atom is -0.371 e. The molecule has 1 saturated heterocycles. The maximum Gasteiger partial charge on any atom is 0.253 e. The Hall–Kier alpha value is -2.62. The number of nitrogens with zero attached hydrogens (tertiary/aromatic N) is 1. The van der Waals surface area contributed by atoms with Crippen LogP contribution in [0.4, 0.5) is 11.4 Å². The Morgan fingerprint density at radius 2 is 1.85 bits per heavy atom. The highest BCUT2D eigenvalue weighted by Gasteiger charge is 2.24. The second-order valence-corrected chi connectivity index (χ2v) is 10.2. The Balaban J connectivity index is 1.75. The number of sulfonamides is 1. The van der Waals surface area contributed by atoms with E-state index in [1.165, 1.54) is 25.2 Å². The summed E-state index contributed by atoms with van der Waals surface area (Å²) in [7, 11) is -2.47. The third-order valence-electron chi connectivity index (χ3n) is 5.55. The summed E-state index contributed by atoms with van der Waals surface area (Å²) in [6.07, 6.45) is 3.38. The van der Waals surface area contributed by atoms with Crippen LogP contribution in [0, 0.1) is 0 Å². The van der Waals surface area contributed by atoms with Gasteiger partial charge >= 0.3 is 0 Å². The smallest absolute Gasteiger partial charge is 0.253 e. The van der Waals surface area contributed by atoms with Crippen molar-refractivity contribution in [1.82, 2.24) is 10.0 Å². The van der Waals surface area contributed by atoms with Gasteiger partial charge in [0.2, 0.25) is 15.9 Å². The summed E-state index contributed by atoms with van der Waals surface area (Å²) in [5.74, 6) is -0.966. The Kier molecular flexibility index (Phi) is 8.34. The van der Waals surface area contributed by atoms with Crippen LogP contribution >= 0.6 is 11.6 Å². The molecule has 0 aromatic heterocycles. The molecule has 1 atom stereocenters. The third kappa shape index (κ3) is 6.25. The Labute approximate surface area is 199 Å². The van der Waals surface area contributed by atoms with Crippen molar-refractivity contribution in [3.05, 3.63) is 53.1 Å². The van der Waals surface area contributed by atoms with Crippen molar-refractivity contribution >= 4 is 44.8 Å². The lowest BCUT2D eigenvalue weighted by molar-refractivity contribution is -0.118. The van der Waals surface area contributed by atoms with Gasteiger partial charge in [0, 0.05) is 24.5 Å². The molecule has 2 aromatic carbocycles. The van der Waals surface area contributed by atoms with Crippen LogP contribution in [0.5, 0.6) is 0 Å². The van der Waals surface area contributed by atoms with Crippen LogP contribution in [0.3, 0.4) is 0 Å². The standard InChI is InChI=1S/C23H29ClN4O4S/c1-3-7-21(23(30)26-16-8-6-9-17(14-16)28-12-4-5-13-28)27-22(29)19-15-18(10-11-20(19)24)33(31,32)25-2/h6,8-11,14-15,21,25H,3-5,7,12-13H2,1-2H3,(H,26,30)(H,27,29). The lowest BCUT2D eigenvalue weighted by Gasteiger charge is -2.21. The highest BCUT2D eigenvalue weighted by molar-refractivity contribution is 7.89. The number of halogens is 1. The van der Waals surface area contributed by atoms with Gasteiger partial charge in [0.1, 0.15) is 6.04 Å². The van der Waals surface area contributed by atoms with Gasteiger partial charge < -0.3 is 15.5 Å². The zero-order valence-electron chi connectivity index (χ0n) is 18.7. The van der Waals surface area contributed by atoms with E-state index in [0.717, 1.165) is 31.6 Å². The summed E-state index contributed by atoms with van der Waals surface area (Å²) in [6, 6.07) is 10.7. The number of carbonyl (C=O) groups excluding carboxylic acids is 2. The van der Waals surface area contributed by atoms with Gasteiger partial charge in [-0.3, -0.25) is 9.59 Å².